The summed E-state index contributed by atoms with van der Waals surface area (Å²) in [6, 6.07) is 8.46. The van der Waals surface area contributed by atoms with Crippen LogP contribution in [0.1, 0.15) is 55.5 Å². The summed E-state index contributed by atoms with van der Waals surface area (Å²) < 4.78 is 0. The molecule has 0 spiro atoms. The number of carbonyl (C=O) groups excluding carboxylic acids is 1. The Kier molecular flexibility index (Phi) is 6.41. The van der Waals surface area contributed by atoms with E-state index in [4.69, 9.17) is 0 Å². The van der Waals surface area contributed by atoms with Gasteiger partial charge in [0.2, 0.25) is 0 Å². The number of rotatable bonds is 5. The van der Waals surface area contributed by atoms with Gasteiger partial charge in [-0.05, 0) is 77.7 Å². The van der Waals surface area contributed by atoms with Crippen molar-refractivity contribution in [3.63, 3.8) is 0 Å². The first-order valence-corrected chi connectivity index (χ1v) is 9.03. The van der Waals surface area contributed by atoms with Crippen molar-refractivity contribution in [1.82, 2.24) is 9.80 Å². The highest BCUT2D eigenvalue weighted by Gasteiger charge is 2.22. The summed E-state index contributed by atoms with van der Waals surface area (Å²) in [6.07, 6.45) is 4.82. The van der Waals surface area contributed by atoms with Gasteiger partial charge in [0, 0.05) is 24.7 Å². The van der Waals surface area contributed by atoms with Crippen LogP contribution in [-0.2, 0) is 6.42 Å². The van der Waals surface area contributed by atoms with Crippen LogP contribution in [0.3, 0.4) is 0 Å². The van der Waals surface area contributed by atoms with E-state index in [0.717, 1.165) is 56.3 Å². The molecule has 1 fully saturated rings. The molecule has 0 unspecified atom stereocenters. The smallest absolute Gasteiger partial charge is 0.253 e. The Bertz CT molecular complexity index is 532. The Labute approximate surface area is 146 Å². The van der Waals surface area contributed by atoms with Crippen molar-refractivity contribution in [2.45, 2.75) is 57.6 Å². The number of likely N-dealkylation sites (tertiary alicyclic amines) is 1. The Morgan fingerprint density at radius 2 is 1.88 bits per heavy atom. The van der Waals surface area contributed by atoms with Gasteiger partial charge in [0.15, 0.2) is 0 Å². The molecule has 24 heavy (non-hydrogen) atoms. The summed E-state index contributed by atoms with van der Waals surface area (Å²) in [7, 11) is 4.24. The molecular formula is C20H32N2O2. The van der Waals surface area contributed by atoms with E-state index in [1.165, 1.54) is 0 Å². The molecule has 1 aromatic rings. The van der Waals surface area contributed by atoms with Gasteiger partial charge in [0.05, 0.1) is 5.60 Å². The molecule has 0 aliphatic carbocycles. The van der Waals surface area contributed by atoms with Gasteiger partial charge in [-0.25, -0.2) is 0 Å². The first-order chi connectivity index (χ1) is 11.3. The number of aryl methyl sites for hydroxylation is 1. The van der Waals surface area contributed by atoms with Crippen molar-refractivity contribution < 1.29 is 9.90 Å². The lowest BCUT2D eigenvalue weighted by Crippen LogP contribution is -2.33. The number of benzene rings is 1. The summed E-state index contributed by atoms with van der Waals surface area (Å²) in [5.74, 6) is 0.142. The van der Waals surface area contributed by atoms with E-state index in [2.05, 4.69) is 19.0 Å². The molecule has 4 nitrogen and oxygen atoms in total. The molecule has 0 radical (unpaired) electrons. The van der Waals surface area contributed by atoms with Gasteiger partial charge >= 0.3 is 0 Å². The molecule has 0 aromatic heterocycles. The van der Waals surface area contributed by atoms with Crippen LogP contribution in [0.5, 0.6) is 0 Å². The molecule has 1 aromatic carbocycles. The topological polar surface area (TPSA) is 43.8 Å². The predicted molar refractivity (Wildman–Crippen MR) is 98.3 cm³/mol. The highest BCUT2D eigenvalue weighted by molar-refractivity contribution is 5.94. The Balaban J connectivity index is 1.94. The van der Waals surface area contributed by atoms with Gasteiger partial charge in [-0.1, -0.05) is 12.1 Å². The zero-order valence-electron chi connectivity index (χ0n) is 15.6. The zero-order chi connectivity index (χ0) is 17.7. The predicted octanol–water partition coefficient (Wildman–Crippen LogP) is 2.95. The van der Waals surface area contributed by atoms with E-state index in [-0.39, 0.29) is 5.91 Å². The molecule has 1 heterocycles. The average molecular weight is 332 g/mol. The van der Waals surface area contributed by atoms with Gasteiger partial charge in [-0.3, -0.25) is 4.79 Å². The number of hydrogen-bond donors (Lipinski definition) is 1. The number of hydrogen-bond acceptors (Lipinski definition) is 3. The van der Waals surface area contributed by atoms with Crippen LogP contribution in [0.15, 0.2) is 24.3 Å². The maximum atomic E-state index is 12.7. The first-order valence-electron chi connectivity index (χ1n) is 9.03. The summed E-state index contributed by atoms with van der Waals surface area (Å²) in [5.41, 5.74) is 1.28. The second-order valence-corrected chi connectivity index (χ2v) is 7.85. The molecule has 1 atom stereocenters. The van der Waals surface area contributed by atoms with E-state index < -0.39 is 5.60 Å². The third kappa shape index (κ3) is 5.60. The third-order valence-corrected chi connectivity index (χ3v) is 4.94. The van der Waals surface area contributed by atoms with E-state index in [1.54, 1.807) is 0 Å². The molecule has 1 saturated heterocycles. The lowest BCUT2D eigenvalue weighted by Gasteiger charge is -2.23. The third-order valence-electron chi connectivity index (χ3n) is 4.94. The molecule has 0 saturated carbocycles. The van der Waals surface area contributed by atoms with Gasteiger partial charge in [-0.15, -0.1) is 0 Å². The van der Waals surface area contributed by atoms with Gasteiger partial charge < -0.3 is 14.9 Å². The molecule has 134 valence electrons. The van der Waals surface area contributed by atoms with Crippen LogP contribution >= 0.6 is 0 Å². The number of amides is 1. The van der Waals surface area contributed by atoms with Gasteiger partial charge in [-0.2, -0.15) is 0 Å². The molecule has 2 rings (SSSR count). The van der Waals surface area contributed by atoms with Crippen LogP contribution in [0.25, 0.3) is 0 Å². The maximum absolute atomic E-state index is 12.7. The summed E-state index contributed by atoms with van der Waals surface area (Å²) >= 11 is 0. The highest BCUT2D eigenvalue weighted by Crippen LogP contribution is 2.18. The van der Waals surface area contributed by atoms with E-state index >= 15 is 0 Å². The van der Waals surface area contributed by atoms with E-state index in [1.807, 2.05) is 43.0 Å². The average Bonchev–Trinajstić information content (AvgIpc) is 2.78. The quantitative estimate of drug-likeness (QED) is 0.901. The largest absolute Gasteiger partial charge is 0.390 e. The summed E-state index contributed by atoms with van der Waals surface area (Å²) in [4.78, 5) is 17.0. The zero-order valence-corrected chi connectivity index (χ0v) is 15.6. The molecule has 1 aliphatic rings. The summed E-state index contributed by atoms with van der Waals surface area (Å²) in [5, 5.41) is 9.81. The molecule has 0 bridgehead atoms. The highest BCUT2D eigenvalue weighted by atomic mass is 16.3. The maximum Gasteiger partial charge on any atom is 0.253 e. The van der Waals surface area contributed by atoms with Crippen molar-refractivity contribution in [2.75, 3.05) is 27.2 Å². The van der Waals surface area contributed by atoms with Gasteiger partial charge in [0.25, 0.3) is 5.91 Å². The fourth-order valence-corrected chi connectivity index (χ4v) is 3.25. The standard InChI is InChI=1S/C20H32N2O2/c1-20(2,24)13-11-16-7-9-17(10-8-16)19(23)22-14-5-6-18(12-15-22)21(3)4/h7-10,18,24H,5-6,11-15H2,1-4H3/t18-/m0/s1. The Morgan fingerprint density at radius 3 is 2.46 bits per heavy atom. The minimum Gasteiger partial charge on any atom is -0.390 e. The molecule has 1 N–H and O–H groups in total. The number of nitrogens with zero attached hydrogens (tertiary/aromatic N) is 2. The Hall–Kier alpha value is -1.39. The fraction of sp³-hybridized carbons (Fsp3) is 0.650. The first kappa shape index (κ1) is 18.9. The van der Waals surface area contributed by atoms with Crippen LogP contribution in [0, 0.1) is 0 Å². The molecule has 1 amide bonds. The number of carbonyl (C=O) groups is 1. The van der Waals surface area contributed by atoms with Gasteiger partial charge in [0.1, 0.15) is 0 Å². The number of aliphatic hydroxyl groups is 1. The van der Waals surface area contributed by atoms with Crippen molar-refractivity contribution in [3.8, 4) is 0 Å². The van der Waals surface area contributed by atoms with Crippen molar-refractivity contribution in [3.05, 3.63) is 35.4 Å². The molecule has 1 aliphatic heterocycles. The van der Waals surface area contributed by atoms with E-state index in [0.29, 0.717) is 6.04 Å². The van der Waals surface area contributed by atoms with E-state index in [9.17, 15) is 9.90 Å². The minimum atomic E-state index is -0.649. The monoisotopic (exact) mass is 332 g/mol. The molecular weight excluding hydrogens is 300 g/mol. The lowest BCUT2D eigenvalue weighted by atomic mass is 9.98. The van der Waals surface area contributed by atoms with Crippen molar-refractivity contribution in [1.29, 1.82) is 0 Å². The lowest BCUT2D eigenvalue weighted by molar-refractivity contribution is 0.0712. The summed E-state index contributed by atoms with van der Waals surface area (Å²) in [6.45, 7) is 5.34. The van der Waals surface area contributed by atoms with Crippen LogP contribution in [0.2, 0.25) is 0 Å². The minimum absolute atomic E-state index is 0.142. The normalized spacial score (nSPS) is 19.4. The van der Waals surface area contributed by atoms with Crippen LogP contribution in [0.4, 0.5) is 0 Å². The van der Waals surface area contributed by atoms with Crippen molar-refractivity contribution in [2.24, 2.45) is 0 Å². The SMILES string of the molecule is CN(C)[C@H]1CCCN(C(=O)c2ccc(CCC(C)(C)O)cc2)CC1. The Morgan fingerprint density at radius 1 is 1.21 bits per heavy atom. The second-order valence-electron chi connectivity index (χ2n) is 7.85. The van der Waals surface area contributed by atoms with Crippen LogP contribution in [-0.4, -0.2) is 59.6 Å². The fourth-order valence-electron chi connectivity index (χ4n) is 3.25. The second kappa shape index (κ2) is 8.13. The van der Waals surface area contributed by atoms with Crippen LogP contribution < -0.4 is 0 Å². The van der Waals surface area contributed by atoms with Crippen molar-refractivity contribution >= 4 is 5.91 Å². The molecule has 4 heteroatoms.